The first-order valence-electron chi connectivity index (χ1n) is 7.80. The fourth-order valence-electron chi connectivity index (χ4n) is 2.36. The summed E-state index contributed by atoms with van der Waals surface area (Å²) in [4.78, 5) is 11.7. The summed E-state index contributed by atoms with van der Waals surface area (Å²) >= 11 is 0. The molecule has 158 valence electrons. The Kier molecular flexibility index (Phi) is 6.48. The average molecular weight is 414 g/mol. The second kappa shape index (κ2) is 7.76. The number of hydrazone groups is 1. The van der Waals surface area contributed by atoms with Gasteiger partial charge in [0, 0.05) is 12.7 Å². The first-order chi connectivity index (χ1) is 12.6. The number of hydrogen-bond acceptors (Lipinski definition) is 4. The molecule has 1 aromatic rings. The maximum atomic E-state index is 13.6. The van der Waals surface area contributed by atoms with Crippen LogP contribution in [0.3, 0.4) is 0 Å². The zero-order chi connectivity index (χ0) is 22.0. The molecule has 0 bridgehead atoms. The summed E-state index contributed by atoms with van der Waals surface area (Å²) in [7, 11) is 1.01. The summed E-state index contributed by atoms with van der Waals surface area (Å²) in [5.41, 5.74) is 0.293. The van der Waals surface area contributed by atoms with E-state index in [4.69, 9.17) is 10.5 Å². The number of rotatable bonds is 4. The van der Waals surface area contributed by atoms with Crippen molar-refractivity contribution in [1.82, 2.24) is 5.43 Å². The minimum Gasteiger partial charge on any atom is -0.444 e. The van der Waals surface area contributed by atoms with Crippen LogP contribution in [-0.4, -0.2) is 36.9 Å². The molecule has 0 aromatic heterocycles. The lowest BCUT2D eigenvalue weighted by Crippen LogP contribution is -2.62. The summed E-state index contributed by atoms with van der Waals surface area (Å²) in [5.74, 6) is -1.72. The molecule has 0 fully saturated rings. The molecule has 0 heterocycles. The highest BCUT2D eigenvalue weighted by molar-refractivity contribution is 5.94. The number of hydrogen-bond donors (Lipinski definition) is 3. The lowest BCUT2D eigenvalue weighted by molar-refractivity contribution is -0.278. The number of nitrogens with one attached hydrogen (secondary N) is 2. The van der Waals surface area contributed by atoms with E-state index in [1.54, 1.807) is 20.8 Å². The summed E-state index contributed by atoms with van der Waals surface area (Å²) in [6.45, 7) is 4.75. The number of amides is 1. The summed E-state index contributed by atoms with van der Waals surface area (Å²) in [6.07, 6.45) is -12.6. The highest BCUT2D eigenvalue weighted by atomic mass is 19.4. The second-order valence-corrected chi connectivity index (χ2v) is 6.67. The van der Waals surface area contributed by atoms with Crippen molar-refractivity contribution in [3.8, 4) is 0 Å². The highest BCUT2D eigenvalue weighted by Gasteiger charge is 2.74. The van der Waals surface area contributed by atoms with E-state index in [-0.39, 0.29) is 5.69 Å². The molecule has 0 atom stereocenters. The van der Waals surface area contributed by atoms with Gasteiger partial charge in [-0.1, -0.05) is 12.1 Å². The van der Waals surface area contributed by atoms with Gasteiger partial charge in [-0.25, -0.2) is 4.79 Å². The monoisotopic (exact) mass is 414 g/mol. The summed E-state index contributed by atoms with van der Waals surface area (Å²) in [6, 6.07) is 2.87. The van der Waals surface area contributed by atoms with Crippen molar-refractivity contribution in [2.45, 2.75) is 44.1 Å². The van der Waals surface area contributed by atoms with E-state index in [0.29, 0.717) is 12.1 Å². The van der Waals surface area contributed by atoms with E-state index in [9.17, 15) is 31.1 Å². The second-order valence-electron chi connectivity index (χ2n) is 6.67. The number of amidine groups is 1. The van der Waals surface area contributed by atoms with Crippen LogP contribution < -0.4 is 16.5 Å². The van der Waals surface area contributed by atoms with Crippen LogP contribution in [0.4, 0.5) is 36.8 Å². The number of alkyl halides is 6. The van der Waals surface area contributed by atoms with Gasteiger partial charge in [0.1, 0.15) is 11.4 Å². The average Bonchev–Trinajstić information content (AvgIpc) is 2.44. The predicted octanol–water partition coefficient (Wildman–Crippen LogP) is 3.89. The van der Waals surface area contributed by atoms with Crippen molar-refractivity contribution in [2.75, 3.05) is 12.4 Å². The van der Waals surface area contributed by atoms with Crippen LogP contribution in [0.5, 0.6) is 0 Å². The molecule has 1 amide bonds. The molecule has 28 heavy (non-hydrogen) atoms. The van der Waals surface area contributed by atoms with Crippen molar-refractivity contribution in [1.29, 1.82) is 0 Å². The quantitative estimate of drug-likeness (QED) is 0.302. The third-order valence-electron chi connectivity index (χ3n) is 3.43. The molecule has 0 unspecified atom stereocenters. The van der Waals surface area contributed by atoms with E-state index in [0.717, 1.165) is 19.2 Å². The molecule has 12 heteroatoms. The van der Waals surface area contributed by atoms with Crippen LogP contribution in [0.2, 0.25) is 0 Å². The van der Waals surface area contributed by atoms with Gasteiger partial charge in [0.05, 0.1) is 0 Å². The molecule has 4 N–H and O–H groups in total. The van der Waals surface area contributed by atoms with E-state index < -0.39 is 40.9 Å². The van der Waals surface area contributed by atoms with Crippen molar-refractivity contribution in [3.05, 3.63) is 29.8 Å². The van der Waals surface area contributed by atoms with Crippen LogP contribution in [0.1, 0.15) is 26.3 Å². The number of halogens is 6. The molecular weight excluding hydrogens is 394 g/mol. The number of ether oxygens (including phenoxy) is 1. The highest BCUT2D eigenvalue weighted by Crippen LogP contribution is 2.52. The van der Waals surface area contributed by atoms with Gasteiger partial charge in [-0.2, -0.15) is 31.4 Å². The number of carbonyl (C=O) groups excluding carboxylic acids is 1. The molecule has 0 aliphatic carbocycles. The van der Waals surface area contributed by atoms with Crippen molar-refractivity contribution in [3.63, 3.8) is 0 Å². The van der Waals surface area contributed by atoms with Gasteiger partial charge in [-0.3, -0.25) is 5.32 Å². The molecule has 6 nitrogen and oxygen atoms in total. The van der Waals surface area contributed by atoms with Crippen molar-refractivity contribution < 1.29 is 35.9 Å². The Morgan fingerprint density at radius 2 is 1.46 bits per heavy atom. The van der Waals surface area contributed by atoms with Gasteiger partial charge < -0.3 is 15.9 Å². The Bertz CT molecular complexity index is 707. The van der Waals surface area contributed by atoms with Gasteiger partial charge >= 0.3 is 18.4 Å². The molecule has 0 spiro atoms. The molecule has 1 rings (SSSR count). The fourth-order valence-corrected chi connectivity index (χ4v) is 2.36. The van der Waals surface area contributed by atoms with Gasteiger partial charge in [-0.05, 0) is 38.5 Å². The van der Waals surface area contributed by atoms with Crippen LogP contribution in [-0.2, 0) is 10.2 Å². The molecule has 1 aromatic carbocycles. The first kappa shape index (κ1) is 23.4. The topological polar surface area (TPSA) is 88.7 Å². The lowest BCUT2D eigenvalue weighted by atomic mass is 9.77. The largest absolute Gasteiger partial charge is 0.444 e. The van der Waals surface area contributed by atoms with E-state index in [1.165, 1.54) is 0 Å². The molecule has 0 saturated carbocycles. The Labute approximate surface area is 157 Å². The van der Waals surface area contributed by atoms with E-state index in [2.05, 4.69) is 10.4 Å². The Morgan fingerprint density at radius 1 is 1.00 bits per heavy atom. The minimum atomic E-state index is -5.84. The first-order valence-corrected chi connectivity index (χ1v) is 7.80. The molecule has 0 saturated heterocycles. The standard InChI is InChI=1S/C16H20F6N4O2/c1-13(2,3)28-12(27)25-10-7-5-9(6-8-10)14(15(17,18)19,16(20,21)22)11(23)26-24-4/h5-8,24H,1-4H3,(H2,23,26)(H,25,27). The maximum Gasteiger partial charge on any atom is 0.414 e. The molecular formula is C16H20F6N4O2. The van der Waals surface area contributed by atoms with Gasteiger partial charge in [-0.15, -0.1) is 0 Å². The fraction of sp³-hybridized carbons (Fsp3) is 0.500. The van der Waals surface area contributed by atoms with E-state index in [1.807, 2.05) is 5.43 Å². The smallest absolute Gasteiger partial charge is 0.414 e. The van der Waals surface area contributed by atoms with Crippen LogP contribution in [0, 0.1) is 0 Å². The predicted molar refractivity (Wildman–Crippen MR) is 90.8 cm³/mol. The number of anilines is 1. The minimum absolute atomic E-state index is 0.0691. The molecule has 0 aliphatic heterocycles. The van der Waals surface area contributed by atoms with Gasteiger partial charge in [0.2, 0.25) is 5.41 Å². The lowest BCUT2D eigenvalue weighted by Gasteiger charge is -2.37. The Morgan fingerprint density at radius 3 is 1.82 bits per heavy atom. The Hall–Kier alpha value is -2.66. The van der Waals surface area contributed by atoms with E-state index >= 15 is 0 Å². The van der Waals surface area contributed by atoms with Crippen molar-refractivity contribution >= 4 is 17.6 Å². The maximum absolute atomic E-state index is 13.6. The third-order valence-corrected chi connectivity index (χ3v) is 3.43. The van der Waals surface area contributed by atoms with Crippen LogP contribution in [0.15, 0.2) is 29.4 Å². The molecule has 0 radical (unpaired) electrons. The van der Waals surface area contributed by atoms with Crippen molar-refractivity contribution in [2.24, 2.45) is 10.8 Å². The zero-order valence-electron chi connectivity index (χ0n) is 15.4. The normalized spacial score (nSPS) is 13.9. The zero-order valence-corrected chi connectivity index (χ0v) is 15.4. The number of carbonyl (C=O) groups is 1. The summed E-state index contributed by atoms with van der Waals surface area (Å²) in [5, 5.41) is 5.14. The number of nitrogens with two attached hydrogens (primary N) is 1. The third kappa shape index (κ3) is 4.78. The number of benzene rings is 1. The van der Waals surface area contributed by atoms with Crippen LogP contribution in [0.25, 0.3) is 0 Å². The van der Waals surface area contributed by atoms with Crippen LogP contribution >= 0.6 is 0 Å². The molecule has 0 aliphatic rings. The number of nitrogens with zero attached hydrogens (tertiary/aromatic N) is 1. The van der Waals surface area contributed by atoms with Gasteiger partial charge in [0.15, 0.2) is 0 Å². The summed E-state index contributed by atoms with van der Waals surface area (Å²) < 4.78 is 86.7. The SMILES string of the molecule is CN/N=C(\N)C(c1ccc(NC(=O)OC(C)(C)C)cc1)(C(F)(F)F)C(F)(F)F. The Balaban J connectivity index is 3.42. The van der Waals surface area contributed by atoms with Gasteiger partial charge in [0.25, 0.3) is 0 Å².